The van der Waals surface area contributed by atoms with Gasteiger partial charge in [0.05, 0.1) is 12.8 Å². The van der Waals surface area contributed by atoms with Gasteiger partial charge in [-0.15, -0.1) is 5.10 Å². The quantitative estimate of drug-likeness (QED) is 0.414. The number of aliphatic hydroxyl groups is 1. The molecule has 0 bridgehead atoms. The molecule has 1 aromatic carbocycles. The highest BCUT2D eigenvalue weighted by Crippen LogP contribution is 2.40. The van der Waals surface area contributed by atoms with Crippen molar-refractivity contribution in [2.24, 2.45) is 0 Å². The minimum Gasteiger partial charge on any atom is -0.476 e. The van der Waals surface area contributed by atoms with Crippen LogP contribution in [-0.2, 0) is 5.60 Å². The van der Waals surface area contributed by atoms with Gasteiger partial charge in [0, 0.05) is 18.2 Å². The molecule has 0 aliphatic heterocycles. The summed E-state index contributed by atoms with van der Waals surface area (Å²) in [6.45, 7) is 0.494. The number of fused-ring (bicyclic) bond motifs is 1. The number of anilines is 1. The van der Waals surface area contributed by atoms with Crippen LogP contribution in [0.3, 0.4) is 0 Å². The maximum atomic E-state index is 14.7. The SMILES string of the molecule is CC(O)(c1ccc(F)cc1)C(F)(F)CCOc1cnc(Cl)c(-c2ccn3nc(N)nc3c2)n1. The van der Waals surface area contributed by atoms with Crippen molar-refractivity contribution in [3.63, 3.8) is 0 Å². The Kier molecular flexibility index (Phi) is 5.85. The second kappa shape index (κ2) is 8.49. The number of halogens is 4. The van der Waals surface area contributed by atoms with Crippen LogP contribution in [0.2, 0.25) is 5.15 Å². The fraction of sp³-hybridized carbons (Fsp3) is 0.238. The van der Waals surface area contributed by atoms with Crippen LogP contribution in [0.15, 0.2) is 48.8 Å². The molecule has 0 fully saturated rings. The lowest BCUT2D eigenvalue weighted by Gasteiger charge is -2.33. The van der Waals surface area contributed by atoms with Crippen molar-refractivity contribution in [2.75, 3.05) is 12.3 Å². The first-order chi connectivity index (χ1) is 15.6. The zero-order chi connectivity index (χ0) is 23.8. The molecule has 0 saturated heterocycles. The molecule has 3 heterocycles. The fourth-order valence-corrected chi connectivity index (χ4v) is 3.37. The van der Waals surface area contributed by atoms with Gasteiger partial charge in [0.25, 0.3) is 5.92 Å². The average molecular weight is 479 g/mol. The Labute approximate surface area is 190 Å². The van der Waals surface area contributed by atoms with Crippen LogP contribution in [0.4, 0.5) is 19.1 Å². The Hall–Kier alpha value is -3.44. The lowest BCUT2D eigenvalue weighted by molar-refractivity contribution is -0.184. The topological polar surface area (TPSA) is 111 Å². The van der Waals surface area contributed by atoms with Crippen molar-refractivity contribution in [2.45, 2.75) is 24.9 Å². The van der Waals surface area contributed by atoms with Crippen LogP contribution in [-0.4, -0.2) is 42.2 Å². The van der Waals surface area contributed by atoms with E-state index in [4.69, 9.17) is 22.1 Å². The number of ether oxygens (including phenoxy) is 1. The molecule has 0 amide bonds. The van der Waals surface area contributed by atoms with Crippen molar-refractivity contribution >= 4 is 23.2 Å². The molecule has 1 atom stereocenters. The molecular weight excluding hydrogens is 461 g/mol. The van der Waals surface area contributed by atoms with Crippen LogP contribution in [0.5, 0.6) is 5.88 Å². The summed E-state index contributed by atoms with van der Waals surface area (Å²) in [5.41, 5.74) is 4.19. The summed E-state index contributed by atoms with van der Waals surface area (Å²) in [5, 5.41) is 14.5. The van der Waals surface area contributed by atoms with Crippen molar-refractivity contribution in [1.82, 2.24) is 24.6 Å². The molecular formula is C21H18ClF3N6O2. The first-order valence-corrected chi connectivity index (χ1v) is 10.1. The van der Waals surface area contributed by atoms with E-state index in [9.17, 15) is 18.3 Å². The van der Waals surface area contributed by atoms with Gasteiger partial charge in [-0.3, -0.25) is 0 Å². The predicted octanol–water partition coefficient (Wildman–Crippen LogP) is 3.87. The van der Waals surface area contributed by atoms with Gasteiger partial charge in [0.2, 0.25) is 11.8 Å². The summed E-state index contributed by atoms with van der Waals surface area (Å²) in [5.74, 6) is -4.11. The first kappa shape index (κ1) is 22.7. The van der Waals surface area contributed by atoms with Crippen molar-refractivity contribution in [3.05, 3.63) is 65.3 Å². The third kappa shape index (κ3) is 4.55. The summed E-state index contributed by atoms with van der Waals surface area (Å²) in [7, 11) is 0. The zero-order valence-corrected chi connectivity index (χ0v) is 18.0. The Balaban J connectivity index is 1.48. The molecule has 4 aromatic rings. The number of benzene rings is 1. The second-order valence-electron chi connectivity index (χ2n) is 7.42. The monoisotopic (exact) mass is 478 g/mol. The van der Waals surface area contributed by atoms with Crippen molar-refractivity contribution < 1.29 is 23.0 Å². The van der Waals surface area contributed by atoms with Gasteiger partial charge in [-0.05, 0) is 36.8 Å². The van der Waals surface area contributed by atoms with Crippen LogP contribution >= 0.6 is 11.6 Å². The van der Waals surface area contributed by atoms with Gasteiger partial charge in [0.1, 0.15) is 11.5 Å². The summed E-state index contributed by atoms with van der Waals surface area (Å²) in [6, 6.07) is 7.53. The predicted molar refractivity (Wildman–Crippen MR) is 114 cm³/mol. The molecule has 33 heavy (non-hydrogen) atoms. The van der Waals surface area contributed by atoms with E-state index in [2.05, 4.69) is 20.1 Å². The molecule has 4 rings (SSSR count). The number of hydrogen-bond donors (Lipinski definition) is 2. The fourth-order valence-electron chi connectivity index (χ4n) is 3.17. The molecule has 8 nitrogen and oxygen atoms in total. The Morgan fingerprint density at radius 1 is 1.18 bits per heavy atom. The standard InChI is InChI=1S/C21H18ClF3N6O2/c1-20(32,13-2-4-14(23)5-3-13)21(24,25)7-9-33-16-11-27-18(22)17(29-16)12-6-8-31-15(10-12)28-19(26)30-31/h2-6,8,10-11,32H,7,9H2,1H3,(H2,26,30). The van der Waals surface area contributed by atoms with E-state index >= 15 is 0 Å². The minimum absolute atomic E-state index is 0.0347. The highest BCUT2D eigenvalue weighted by Gasteiger charge is 2.49. The summed E-state index contributed by atoms with van der Waals surface area (Å²) in [6.07, 6.45) is 1.98. The van der Waals surface area contributed by atoms with Gasteiger partial charge in [-0.1, -0.05) is 23.7 Å². The normalized spacial score (nSPS) is 13.8. The molecule has 0 spiro atoms. The maximum Gasteiger partial charge on any atom is 0.283 e. The molecule has 3 N–H and O–H groups in total. The summed E-state index contributed by atoms with van der Waals surface area (Å²) in [4.78, 5) is 12.3. The van der Waals surface area contributed by atoms with E-state index in [0.717, 1.165) is 31.2 Å². The molecule has 0 radical (unpaired) electrons. The third-order valence-corrected chi connectivity index (χ3v) is 5.39. The number of nitrogens with two attached hydrogens (primary N) is 1. The van der Waals surface area contributed by atoms with Gasteiger partial charge < -0.3 is 15.6 Å². The van der Waals surface area contributed by atoms with Gasteiger partial charge >= 0.3 is 0 Å². The molecule has 0 aliphatic carbocycles. The number of hydrogen-bond acceptors (Lipinski definition) is 7. The minimum atomic E-state index is -3.58. The lowest BCUT2D eigenvalue weighted by Crippen LogP contribution is -2.43. The molecule has 3 aromatic heterocycles. The van der Waals surface area contributed by atoms with E-state index in [1.54, 1.807) is 18.3 Å². The molecule has 12 heteroatoms. The van der Waals surface area contributed by atoms with E-state index in [1.165, 1.54) is 10.7 Å². The third-order valence-electron chi connectivity index (χ3n) is 5.12. The van der Waals surface area contributed by atoms with E-state index in [0.29, 0.717) is 11.2 Å². The van der Waals surface area contributed by atoms with Crippen LogP contribution in [0.25, 0.3) is 16.9 Å². The van der Waals surface area contributed by atoms with E-state index < -0.39 is 30.4 Å². The van der Waals surface area contributed by atoms with Crippen LogP contribution in [0.1, 0.15) is 18.9 Å². The first-order valence-electron chi connectivity index (χ1n) is 9.71. The second-order valence-corrected chi connectivity index (χ2v) is 7.78. The smallest absolute Gasteiger partial charge is 0.283 e. The average Bonchev–Trinajstić information content (AvgIpc) is 3.14. The van der Waals surface area contributed by atoms with Crippen LogP contribution in [0, 0.1) is 5.82 Å². The lowest BCUT2D eigenvalue weighted by atomic mass is 9.87. The number of nitrogen functional groups attached to an aromatic ring is 1. The Bertz CT molecular complexity index is 1300. The largest absolute Gasteiger partial charge is 0.476 e. The molecule has 0 saturated carbocycles. The number of aromatic nitrogens is 5. The van der Waals surface area contributed by atoms with Crippen LogP contribution < -0.4 is 10.5 Å². The number of nitrogens with zero attached hydrogens (tertiary/aromatic N) is 5. The highest BCUT2D eigenvalue weighted by atomic mass is 35.5. The van der Waals surface area contributed by atoms with Gasteiger partial charge in [0.15, 0.2) is 16.4 Å². The van der Waals surface area contributed by atoms with Gasteiger partial charge in [-0.25, -0.2) is 27.7 Å². The summed E-state index contributed by atoms with van der Waals surface area (Å²) >= 11 is 6.16. The van der Waals surface area contributed by atoms with Gasteiger partial charge in [-0.2, -0.15) is 4.98 Å². The molecule has 172 valence electrons. The Morgan fingerprint density at radius 2 is 1.91 bits per heavy atom. The van der Waals surface area contributed by atoms with E-state index in [1.807, 2.05) is 0 Å². The van der Waals surface area contributed by atoms with Crippen molar-refractivity contribution in [1.29, 1.82) is 0 Å². The molecule has 1 unspecified atom stereocenters. The maximum absolute atomic E-state index is 14.7. The Morgan fingerprint density at radius 3 is 2.64 bits per heavy atom. The number of rotatable bonds is 7. The highest BCUT2D eigenvalue weighted by molar-refractivity contribution is 6.31. The molecule has 0 aliphatic rings. The summed E-state index contributed by atoms with van der Waals surface area (Å²) < 4.78 is 49.4. The van der Waals surface area contributed by atoms with E-state index in [-0.39, 0.29) is 28.2 Å². The van der Waals surface area contributed by atoms with Crippen molar-refractivity contribution in [3.8, 4) is 17.1 Å². The zero-order valence-electron chi connectivity index (χ0n) is 17.2. The number of alkyl halides is 2. The number of pyridine rings is 1.